The molecule has 1 aliphatic heterocycles. The van der Waals surface area contributed by atoms with Crippen LogP contribution in [0.2, 0.25) is 0 Å². The first kappa shape index (κ1) is 23.0. The molecule has 8 nitrogen and oxygen atoms in total. The van der Waals surface area contributed by atoms with Gasteiger partial charge in [0.05, 0.1) is 24.1 Å². The second-order valence-corrected chi connectivity index (χ2v) is 8.89. The predicted octanol–water partition coefficient (Wildman–Crippen LogP) is 4.81. The van der Waals surface area contributed by atoms with E-state index in [9.17, 15) is 4.79 Å². The molecule has 1 aliphatic rings. The average molecular weight is 472 g/mol. The lowest BCUT2D eigenvalue weighted by atomic mass is 10.0. The van der Waals surface area contributed by atoms with Crippen LogP contribution in [0.4, 0.5) is 0 Å². The van der Waals surface area contributed by atoms with Crippen molar-refractivity contribution in [1.29, 1.82) is 0 Å². The molecule has 1 fully saturated rings. The Morgan fingerprint density at radius 1 is 1.17 bits per heavy atom. The third-order valence-electron chi connectivity index (χ3n) is 6.47. The van der Waals surface area contributed by atoms with Crippen LogP contribution in [-0.2, 0) is 11.2 Å². The molecule has 0 saturated carbocycles. The monoisotopic (exact) mass is 471 g/mol. The SMILES string of the molecule is CC(=O)N1CCC[C@@H]1c1cc2[nH]c(-c3cnccn3)cc2cc1Oc1ccc(CCCCO)nc1. The standard InChI is InChI=1S/C27H29N5O3/c1-18(34)32-11-4-6-26(32)22-15-23-19(13-24(31-23)25-17-28-9-10-29-25)14-27(22)35-21-8-7-20(30-16-21)5-2-3-12-33/h7-10,13-17,26,31,33H,2-6,11-12H2,1H3/t26-/m1/s1. The van der Waals surface area contributed by atoms with Gasteiger partial charge in [-0.25, -0.2) is 0 Å². The summed E-state index contributed by atoms with van der Waals surface area (Å²) in [5.74, 6) is 1.43. The van der Waals surface area contributed by atoms with Gasteiger partial charge in [0.2, 0.25) is 5.91 Å². The lowest BCUT2D eigenvalue weighted by Gasteiger charge is -2.25. The van der Waals surface area contributed by atoms with Gasteiger partial charge < -0.3 is 19.7 Å². The number of aryl methyl sites for hydroxylation is 1. The molecule has 35 heavy (non-hydrogen) atoms. The van der Waals surface area contributed by atoms with E-state index in [1.54, 1.807) is 31.7 Å². The molecule has 0 radical (unpaired) electrons. The molecular weight excluding hydrogens is 442 g/mol. The van der Waals surface area contributed by atoms with E-state index in [1.165, 1.54) is 0 Å². The number of amides is 1. The molecule has 4 heterocycles. The van der Waals surface area contributed by atoms with E-state index in [4.69, 9.17) is 9.84 Å². The number of aromatic nitrogens is 4. The number of fused-ring (bicyclic) bond motifs is 1. The molecule has 180 valence electrons. The third kappa shape index (κ3) is 5.02. The van der Waals surface area contributed by atoms with Gasteiger partial charge in [-0.1, -0.05) is 0 Å². The van der Waals surface area contributed by atoms with Crippen LogP contribution in [0, 0.1) is 0 Å². The van der Waals surface area contributed by atoms with Crippen molar-refractivity contribution in [2.75, 3.05) is 13.2 Å². The van der Waals surface area contributed by atoms with E-state index >= 15 is 0 Å². The largest absolute Gasteiger partial charge is 0.455 e. The Labute approximate surface area is 204 Å². The Morgan fingerprint density at radius 3 is 2.83 bits per heavy atom. The number of hydrogen-bond acceptors (Lipinski definition) is 6. The van der Waals surface area contributed by atoms with Gasteiger partial charge in [-0.3, -0.25) is 19.7 Å². The van der Waals surface area contributed by atoms with Gasteiger partial charge >= 0.3 is 0 Å². The number of rotatable bonds is 8. The highest BCUT2D eigenvalue weighted by Crippen LogP contribution is 2.41. The maximum absolute atomic E-state index is 12.3. The molecule has 0 spiro atoms. The number of aliphatic hydroxyl groups excluding tert-OH is 1. The normalized spacial score (nSPS) is 15.6. The van der Waals surface area contributed by atoms with Gasteiger partial charge in [0.15, 0.2) is 0 Å². The smallest absolute Gasteiger partial charge is 0.219 e. The summed E-state index contributed by atoms with van der Waals surface area (Å²) in [5, 5.41) is 9.98. The summed E-state index contributed by atoms with van der Waals surface area (Å²) >= 11 is 0. The fourth-order valence-electron chi connectivity index (χ4n) is 4.73. The number of benzene rings is 1. The number of aromatic amines is 1. The third-order valence-corrected chi connectivity index (χ3v) is 6.47. The van der Waals surface area contributed by atoms with Crippen molar-refractivity contribution in [3.63, 3.8) is 0 Å². The molecule has 1 aromatic carbocycles. The summed E-state index contributed by atoms with van der Waals surface area (Å²) in [5.41, 5.74) is 4.55. The second-order valence-electron chi connectivity index (χ2n) is 8.89. The lowest BCUT2D eigenvalue weighted by molar-refractivity contribution is -0.129. The minimum atomic E-state index is -0.0409. The lowest BCUT2D eigenvalue weighted by Crippen LogP contribution is -2.28. The minimum Gasteiger partial charge on any atom is -0.455 e. The number of nitrogens with zero attached hydrogens (tertiary/aromatic N) is 4. The summed E-state index contributed by atoms with van der Waals surface area (Å²) < 4.78 is 6.37. The average Bonchev–Trinajstić information content (AvgIpc) is 3.52. The highest BCUT2D eigenvalue weighted by atomic mass is 16.5. The molecule has 1 amide bonds. The predicted molar refractivity (Wildman–Crippen MR) is 133 cm³/mol. The molecule has 8 heteroatoms. The first-order valence-electron chi connectivity index (χ1n) is 12.1. The van der Waals surface area contributed by atoms with Crippen molar-refractivity contribution in [1.82, 2.24) is 24.8 Å². The van der Waals surface area contributed by atoms with Crippen LogP contribution in [-0.4, -0.2) is 49.0 Å². The molecule has 1 saturated heterocycles. The summed E-state index contributed by atoms with van der Waals surface area (Å²) in [4.78, 5) is 30.8. The summed E-state index contributed by atoms with van der Waals surface area (Å²) in [7, 11) is 0. The summed E-state index contributed by atoms with van der Waals surface area (Å²) in [6.07, 6.45) is 11.1. The molecule has 0 unspecified atom stereocenters. The fourth-order valence-corrected chi connectivity index (χ4v) is 4.73. The maximum atomic E-state index is 12.3. The molecule has 5 rings (SSSR count). The number of likely N-dealkylation sites (tertiary alicyclic amines) is 1. The van der Waals surface area contributed by atoms with Crippen LogP contribution < -0.4 is 4.74 Å². The van der Waals surface area contributed by atoms with Crippen molar-refractivity contribution >= 4 is 16.8 Å². The number of carbonyl (C=O) groups is 1. The van der Waals surface area contributed by atoms with Crippen molar-refractivity contribution in [3.05, 3.63) is 66.4 Å². The fraction of sp³-hybridized carbons (Fsp3) is 0.333. The number of aliphatic hydroxyl groups is 1. The van der Waals surface area contributed by atoms with Crippen LogP contribution in [0.1, 0.15) is 49.9 Å². The highest BCUT2D eigenvalue weighted by Gasteiger charge is 2.31. The van der Waals surface area contributed by atoms with Gasteiger partial charge in [-0.2, -0.15) is 0 Å². The van der Waals surface area contributed by atoms with E-state index in [0.717, 1.165) is 77.9 Å². The zero-order valence-corrected chi connectivity index (χ0v) is 19.8. The first-order valence-corrected chi connectivity index (χ1v) is 12.1. The highest BCUT2D eigenvalue weighted by molar-refractivity contribution is 5.88. The quantitative estimate of drug-likeness (QED) is 0.357. The molecular formula is C27H29N5O3. The Kier molecular flexibility index (Phi) is 6.72. The van der Waals surface area contributed by atoms with Gasteiger partial charge in [0.1, 0.15) is 17.2 Å². The number of ether oxygens (including phenoxy) is 1. The van der Waals surface area contributed by atoms with Gasteiger partial charge in [-0.05, 0) is 62.4 Å². The second kappa shape index (κ2) is 10.2. The minimum absolute atomic E-state index is 0.0409. The Hall–Kier alpha value is -3.78. The van der Waals surface area contributed by atoms with Gasteiger partial charge in [0.25, 0.3) is 0 Å². The number of H-pyrrole nitrogens is 1. The first-order chi connectivity index (χ1) is 17.1. The Morgan fingerprint density at radius 2 is 2.09 bits per heavy atom. The van der Waals surface area contributed by atoms with Crippen LogP contribution in [0.5, 0.6) is 11.5 Å². The van der Waals surface area contributed by atoms with E-state index in [-0.39, 0.29) is 18.6 Å². The number of nitrogens with one attached hydrogen (secondary N) is 1. The van der Waals surface area contributed by atoms with Crippen LogP contribution in [0.25, 0.3) is 22.3 Å². The van der Waals surface area contributed by atoms with Crippen LogP contribution >= 0.6 is 0 Å². The van der Waals surface area contributed by atoms with Gasteiger partial charge in [-0.15, -0.1) is 0 Å². The molecule has 0 aliphatic carbocycles. The number of unbranched alkanes of at least 4 members (excludes halogenated alkanes) is 1. The zero-order chi connectivity index (χ0) is 24.2. The maximum Gasteiger partial charge on any atom is 0.219 e. The van der Waals surface area contributed by atoms with Crippen molar-refractivity contribution in [2.45, 2.75) is 45.1 Å². The zero-order valence-electron chi connectivity index (χ0n) is 19.8. The van der Waals surface area contributed by atoms with Gasteiger partial charge in [0, 0.05) is 54.6 Å². The van der Waals surface area contributed by atoms with Crippen molar-refractivity contribution in [2.24, 2.45) is 0 Å². The Bertz CT molecular complexity index is 1300. The molecule has 0 bridgehead atoms. The van der Waals surface area contributed by atoms with Crippen LogP contribution in [0.15, 0.2) is 55.1 Å². The van der Waals surface area contributed by atoms with Crippen molar-refractivity contribution < 1.29 is 14.6 Å². The molecule has 2 N–H and O–H groups in total. The molecule has 1 atom stereocenters. The van der Waals surface area contributed by atoms with E-state index in [1.807, 2.05) is 29.2 Å². The molecule has 3 aromatic heterocycles. The topological polar surface area (TPSA) is 104 Å². The van der Waals surface area contributed by atoms with Crippen molar-refractivity contribution in [3.8, 4) is 22.9 Å². The molecule has 4 aromatic rings. The summed E-state index contributed by atoms with van der Waals surface area (Å²) in [6.45, 7) is 2.57. The van der Waals surface area contributed by atoms with E-state index in [0.29, 0.717) is 5.75 Å². The van der Waals surface area contributed by atoms with E-state index < -0.39 is 0 Å². The van der Waals surface area contributed by atoms with E-state index in [2.05, 4.69) is 26.0 Å². The summed E-state index contributed by atoms with van der Waals surface area (Å²) in [6, 6.07) is 10.00. The Balaban J connectivity index is 1.50. The number of hydrogen-bond donors (Lipinski definition) is 2. The number of pyridine rings is 1. The number of carbonyl (C=O) groups excluding carboxylic acids is 1. The van der Waals surface area contributed by atoms with Crippen LogP contribution in [0.3, 0.4) is 0 Å².